The number of nitrogen functional groups attached to an aromatic ring is 1. The molecule has 2 rings (SSSR count). The maximum absolute atomic E-state index is 5.66. The highest BCUT2D eigenvalue weighted by Crippen LogP contribution is 2.40. The molecule has 0 fully saturated rings. The molecule has 0 amide bonds. The molecule has 0 bridgehead atoms. The van der Waals surface area contributed by atoms with Crippen molar-refractivity contribution in [1.82, 2.24) is 15.2 Å². The van der Waals surface area contributed by atoms with Gasteiger partial charge in [0.15, 0.2) is 5.01 Å². The highest BCUT2D eigenvalue weighted by molar-refractivity contribution is 7.23. The van der Waals surface area contributed by atoms with Gasteiger partial charge in [-0.2, -0.15) is 0 Å². The van der Waals surface area contributed by atoms with Crippen molar-refractivity contribution >= 4 is 27.8 Å². The maximum atomic E-state index is 5.66. The molecule has 0 saturated carbocycles. The van der Waals surface area contributed by atoms with Crippen molar-refractivity contribution in [3.05, 3.63) is 10.7 Å². The maximum Gasteiger partial charge on any atom is 0.203 e. The van der Waals surface area contributed by atoms with Gasteiger partial charge < -0.3 is 5.73 Å². The number of nitrogens with zero attached hydrogens (tertiary/aromatic N) is 3. The van der Waals surface area contributed by atoms with Gasteiger partial charge >= 0.3 is 0 Å². The number of anilines is 1. The molecule has 2 aromatic heterocycles. The van der Waals surface area contributed by atoms with Crippen LogP contribution in [0.25, 0.3) is 9.88 Å². The summed E-state index contributed by atoms with van der Waals surface area (Å²) in [6, 6.07) is 0. The Labute approximate surface area is 115 Å². The van der Waals surface area contributed by atoms with Crippen molar-refractivity contribution in [3.63, 3.8) is 0 Å². The summed E-state index contributed by atoms with van der Waals surface area (Å²) < 4.78 is 0. The van der Waals surface area contributed by atoms with Crippen LogP contribution in [0.4, 0.5) is 5.13 Å². The van der Waals surface area contributed by atoms with Crippen LogP contribution in [-0.4, -0.2) is 15.2 Å². The van der Waals surface area contributed by atoms with E-state index in [-0.39, 0.29) is 5.41 Å². The molecular formula is C12H18N4S2. The lowest BCUT2D eigenvalue weighted by atomic mass is 9.98. The molecule has 2 heterocycles. The average molecular weight is 282 g/mol. The van der Waals surface area contributed by atoms with Gasteiger partial charge in [0.05, 0.1) is 15.6 Å². The van der Waals surface area contributed by atoms with E-state index < -0.39 is 0 Å². The van der Waals surface area contributed by atoms with E-state index in [9.17, 15) is 0 Å². The molecule has 0 unspecified atom stereocenters. The smallest absolute Gasteiger partial charge is 0.203 e. The molecule has 0 aliphatic heterocycles. The third-order valence-corrected chi connectivity index (χ3v) is 4.88. The Morgan fingerprint density at radius 3 is 2.22 bits per heavy atom. The number of hydrogen-bond acceptors (Lipinski definition) is 6. The Bertz CT molecular complexity index is 549. The lowest BCUT2D eigenvalue weighted by molar-refractivity contribution is 0.581. The van der Waals surface area contributed by atoms with Gasteiger partial charge in [-0.3, -0.25) is 0 Å². The molecule has 98 valence electrons. The molecule has 0 radical (unpaired) electrons. The zero-order valence-corrected chi connectivity index (χ0v) is 12.9. The highest BCUT2D eigenvalue weighted by Gasteiger charge is 2.25. The summed E-state index contributed by atoms with van der Waals surface area (Å²) in [5.74, 6) is 0.373. The van der Waals surface area contributed by atoms with Gasteiger partial charge in [-0.05, 0) is 5.92 Å². The van der Waals surface area contributed by atoms with Crippen LogP contribution >= 0.6 is 22.7 Å². The lowest BCUT2D eigenvalue weighted by Gasteiger charge is -2.13. The van der Waals surface area contributed by atoms with Gasteiger partial charge in [-0.1, -0.05) is 46.0 Å². The molecule has 6 heteroatoms. The van der Waals surface area contributed by atoms with Crippen molar-refractivity contribution in [2.75, 3.05) is 5.73 Å². The number of thiazole rings is 1. The molecule has 2 aromatic rings. The van der Waals surface area contributed by atoms with Crippen molar-refractivity contribution in [3.8, 4) is 9.88 Å². The first-order valence-electron chi connectivity index (χ1n) is 5.89. The van der Waals surface area contributed by atoms with E-state index in [4.69, 9.17) is 10.7 Å². The third-order valence-electron chi connectivity index (χ3n) is 2.48. The summed E-state index contributed by atoms with van der Waals surface area (Å²) in [7, 11) is 0. The summed E-state index contributed by atoms with van der Waals surface area (Å²) in [4.78, 5) is 5.90. The third kappa shape index (κ3) is 2.54. The van der Waals surface area contributed by atoms with Gasteiger partial charge in [0, 0.05) is 5.41 Å². The standard InChI is InChI=1S/C12H18N4S2/c1-6(2)7-8(9-15-16-11(13)18-9)17-10(14-7)12(3,4)5/h6H,1-5H3,(H2,13,16). The average Bonchev–Trinajstić information content (AvgIpc) is 2.81. The van der Waals surface area contributed by atoms with Gasteiger partial charge in [-0.25, -0.2) is 4.98 Å². The molecule has 0 atom stereocenters. The fourth-order valence-corrected chi connectivity index (χ4v) is 3.49. The van der Waals surface area contributed by atoms with Crippen LogP contribution in [0, 0.1) is 0 Å². The van der Waals surface area contributed by atoms with E-state index in [2.05, 4.69) is 44.8 Å². The van der Waals surface area contributed by atoms with E-state index in [0.717, 1.165) is 20.6 Å². The minimum atomic E-state index is 0.0583. The summed E-state index contributed by atoms with van der Waals surface area (Å²) >= 11 is 3.12. The minimum absolute atomic E-state index is 0.0583. The van der Waals surface area contributed by atoms with Crippen LogP contribution in [0.3, 0.4) is 0 Å². The molecule has 0 saturated heterocycles. The summed E-state index contributed by atoms with van der Waals surface area (Å²) in [6.07, 6.45) is 0. The minimum Gasteiger partial charge on any atom is -0.374 e. The second-order valence-corrected chi connectivity index (χ2v) is 7.59. The molecule has 0 aliphatic carbocycles. The van der Waals surface area contributed by atoms with E-state index in [0.29, 0.717) is 11.0 Å². The molecular weight excluding hydrogens is 264 g/mol. The Morgan fingerprint density at radius 2 is 1.78 bits per heavy atom. The van der Waals surface area contributed by atoms with Crippen molar-refractivity contribution < 1.29 is 0 Å². The van der Waals surface area contributed by atoms with Crippen LogP contribution in [0.1, 0.15) is 51.2 Å². The predicted octanol–water partition coefficient (Wildman–Crippen LogP) is 3.66. The normalized spacial score (nSPS) is 12.3. The van der Waals surface area contributed by atoms with E-state index in [1.807, 2.05) is 0 Å². The SMILES string of the molecule is CC(C)c1nc(C(C)(C)C)sc1-c1nnc(N)s1. The van der Waals surface area contributed by atoms with Crippen LogP contribution in [0.15, 0.2) is 0 Å². The molecule has 18 heavy (non-hydrogen) atoms. The second-order valence-electron chi connectivity index (χ2n) is 5.58. The van der Waals surface area contributed by atoms with Gasteiger partial charge in [0.25, 0.3) is 0 Å². The summed E-state index contributed by atoms with van der Waals surface area (Å²) in [5.41, 5.74) is 6.82. The fourth-order valence-electron chi connectivity index (χ4n) is 1.52. The Morgan fingerprint density at radius 1 is 1.11 bits per heavy atom. The molecule has 2 N–H and O–H groups in total. The van der Waals surface area contributed by atoms with E-state index in [1.165, 1.54) is 11.3 Å². The largest absolute Gasteiger partial charge is 0.374 e. The van der Waals surface area contributed by atoms with Crippen LogP contribution < -0.4 is 5.73 Å². The first-order valence-corrected chi connectivity index (χ1v) is 7.53. The highest BCUT2D eigenvalue weighted by atomic mass is 32.1. The number of rotatable bonds is 2. The zero-order chi connectivity index (χ0) is 13.5. The number of hydrogen-bond donors (Lipinski definition) is 1. The van der Waals surface area contributed by atoms with Gasteiger partial charge in [0.1, 0.15) is 0 Å². The number of aromatic nitrogens is 3. The van der Waals surface area contributed by atoms with Gasteiger partial charge in [0.2, 0.25) is 5.13 Å². The summed E-state index contributed by atoms with van der Waals surface area (Å²) in [6.45, 7) is 10.8. The second kappa shape index (κ2) is 4.59. The molecule has 4 nitrogen and oxygen atoms in total. The fraction of sp³-hybridized carbons (Fsp3) is 0.583. The molecule has 0 aromatic carbocycles. The van der Waals surface area contributed by atoms with Crippen LogP contribution in [0.2, 0.25) is 0 Å². The molecule has 0 aliphatic rings. The van der Waals surface area contributed by atoms with Crippen molar-refractivity contribution in [2.24, 2.45) is 0 Å². The topological polar surface area (TPSA) is 64.7 Å². The predicted molar refractivity (Wildman–Crippen MR) is 78.2 cm³/mol. The quantitative estimate of drug-likeness (QED) is 0.912. The van der Waals surface area contributed by atoms with Crippen LogP contribution in [-0.2, 0) is 5.41 Å². The van der Waals surface area contributed by atoms with Gasteiger partial charge in [-0.15, -0.1) is 21.5 Å². The van der Waals surface area contributed by atoms with E-state index in [1.54, 1.807) is 11.3 Å². The molecule has 0 spiro atoms. The Kier molecular flexibility index (Phi) is 3.42. The van der Waals surface area contributed by atoms with Crippen molar-refractivity contribution in [2.45, 2.75) is 46.0 Å². The summed E-state index contributed by atoms with van der Waals surface area (Å²) in [5, 5.41) is 10.5. The van der Waals surface area contributed by atoms with Crippen molar-refractivity contribution in [1.29, 1.82) is 0 Å². The monoisotopic (exact) mass is 282 g/mol. The van der Waals surface area contributed by atoms with Crippen LogP contribution in [0.5, 0.6) is 0 Å². The lowest BCUT2D eigenvalue weighted by Crippen LogP contribution is -2.10. The Hall–Kier alpha value is -1.01. The first-order chi connectivity index (χ1) is 8.29. The Balaban J connectivity index is 2.55. The first kappa shape index (κ1) is 13.4. The number of nitrogens with two attached hydrogens (primary N) is 1. The zero-order valence-electron chi connectivity index (χ0n) is 11.3. The van der Waals surface area contributed by atoms with E-state index >= 15 is 0 Å².